The van der Waals surface area contributed by atoms with Crippen molar-refractivity contribution in [3.8, 4) is 0 Å². The predicted octanol–water partition coefficient (Wildman–Crippen LogP) is 3.66. The number of carbonyl (C=O) groups excluding carboxylic acids is 1. The van der Waals surface area contributed by atoms with Gasteiger partial charge in [0.15, 0.2) is 5.76 Å². The quantitative estimate of drug-likeness (QED) is 0.565. The van der Waals surface area contributed by atoms with Crippen molar-refractivity contribution in [1.82, 2.24) is 0 Å². The van der Waals surface area contributed by atoms with E-state index >= 15 is 0 Å². The average Bonchev–Trinajstić information content (AvgIpc) is 2.78. The van der Waals surface area contributed by atoms with E-state index in [0.29, 0.717) is 6.42 Å². The van der Waals surface area contributed by atoms with Gasteiger partial charge in [-0.1, -0.05) is 13.8 Å². The summed E-state index contributed by atoms with van der Waals surface area (Å²) in [5.74, 6) is -4.20. The van der Waals surface area contributed by atoms with Crippen LogP contribution < -0.4 is 0 Å². The van der Waals surface area contributed by atoms with Crippen molar-refractivity contribution < 1.29 is 18.0 Å². The zero-order valence-electron chi connectivity index (χ0n) is 8.59. The fourth-order valence-electron chi connectivity index (χ4n) is 1.02. The van der Waals surface area contributed by atoms with Crippen molar-refractivity contribution >= 4 is 5.78 Å². The zero-order chi connectivity index (χ0) is 11.4. The van der Waals surface area contributed by atoms with Gasteiger partial charge in [0, 0.05) is 5.92 Å². The third kappa shape index (κ3) is 2.52. The van der Waals surface area contributed by atoms with E-state index in [9.17, 15) is 13.6 Å². The monoisotopic (exact) mass is 214 g/mol. The van der Waals surface area contributed by atoms with E-state index in [2.05, 4.69) is 4.42 Å². The molecule has 0 fully saturated rings. The summed E-state index contributed by atoms with van der Waals surface area (Å²) in [5, 5.41) is 0. The fourth-order valence-corrected chi connectivity index (χ4v) is 1.02. The van der Waals surface area contributed by atoms with Crippen molar-refractivity contribution in [2.75, 3.05) is 0 Å². The molecule has 1 rings (SSSR count). The molecule has 0 aliphatic heterocycles. The zero-order valence-corrected chi connectivity index (χ0v) is 8.59. The molecule has 2 nitrogen and oxygen atoms in total. The van der Waals surface area contributed by atoms with Gasteiger partial charge < -0.3 is 4.42 Å². The highest BCUT2D eigenvalue weighted by molar-refractivity contribution is 6.05. The number of rotatable bonds is 4. The van der Waals surface area contributed by atoms with Crippen LogP contribution in [0.2, 0.25) is 0 Å². The molecule has 1 aromatic heterocycles. The van der Waals surface area contributed by atoms with Gasteiger partial charge in [-0.25, -0.2) is 4.39 Å². The van der Waals surface area contributed by atoms with Crippen LogP contribution in [0.25, 0.3) is 0 Å². The number of Topliss-reactive ketones (excluding diaryl/α,β-unsaturated/α-hetero) is 1. The fraction of sp³-hybridized carbons (Fsp3) is 0.364. The molecule has 0 radical (unpaired) electrons. The van der Waals surface area contributed by atoms with E-state index in [0.717, 1.165) is 0 Å². The van der Waals surface area contributed by atoms with Gasteiger partial charge in [-0.3, -0.25) is 4.79 Å². The molecule has 4 heteroatoms. The highest BCUT2D eigenvalue weighted by atomic mass is 19.2. The Labute approximate surface area is 86.6 Å². The lowest BCUT2D eigenvalue weighted by atomic mass is 10.1. The molecule has 0 amide bonds. The first kappa shape index (κ1) is 11.6. The highest BCUT2D eigenvalue weighted by Crippen LogP contribution is 2.23. The number of allylic oxidation sites excluding steroid dienone is 2. The molecule has 0 saturated heterocycles. The first-order valence-electron chi connectivity index (χ1n) is 4.71. The number of furan rings is 1. The molecule has 0 aliphatic carbocycles. The van der Waals surface area contributed by atoms with Crippen LogP contribution >= 0.6 is 0 Å². The lowest BCUT2D eigenvalue weighted by Crippen LogP contribution is -2.04. The summed E-state index contributed by atoms with van der Waals surface area (Å²) in [6.45, 7) is 3.24. The summed E-state index contributed by atoms with van der Waals surface area (Å²) in [7, 11) is 0. The Kier molecular flexibility index (Phi) is 3.77. The Morgan fingerprint density at radius 2 is 2.20 bits per heavy atom. The Morgan fingerprint density at radius 3 is 2.67 bits per heavy atom. The van der Waals surface area contributed by atoms with E-state index in [1.165, 1.54) is 25.3 Å². The van der Waals surface area contributed by atoms with Gasteiger partial charge in [0.05, 0.1) is 6.26 Å². The molecule has 1 unspecified atom stereocenters. The largest absolute Gasteiger partial charge is 0.461 e. The Balaban J connectivity index is 2.93. The SMILES string of the molecule is CCC(C)/C(F)=C(\F)C(=O)c1ccco1. The van der Waals surface area contributed by atoms with Crippen LogP contribution in [-0.2, 0) is 0 Å². The Hall–Kier alpha value is -1.45. The van der Waals surface area contributed by atoms with Gasteiger partial charge in [-0.2, -0.15) is 4.39 Å². The van der Waals surface area contributed by atoms with Crippen LogP contribution in [0.1, 0.15) is 30.8 Å². The maximum absolute atomic E-state index is 13.3. The molecule has 1 atom stereocenters. The molecule has 0 aromatic carbocycles. The van der Waals surface area contributed by atoms with Gasteiger partial charge in [0.2, 0.25) is 5.83 Å². The average molecular weight is 214 g/mol. The lowest BCUT2D eigenvalue weighted by Gasteiger charge is -2.05. The molecule has 0 bridgehead atoms. The standard InChI is InChI=1S/C11H12F2O2/c1-3-7(2)9(12)10(13)11(14)8-5-4-6-15-8/h4-7H,3H2,1-2H3/b10-9+. The molecule has 82 valence electrons. The van der Waals surface area contributed by atoms with Gasteiger partial charge in [-0.15, -0.1) is 0 Å². The minimum Gasteiger partial charge on any atom is -0.461 e. The molecular formula is C11H12F2O2. The molecule has 0 N–H and O–H groups in total. The summed E-state index contributed by atoms with van der Waals surface area (Å²) >= 11 is 0. The second-order valence-corrected chi connectivity index (χ2v) is 3.28. The normalized spacial score (nSPS) is 14.7. The predicted molar refractivity (Wildman–Crippen MR) is 51.7 cm³/mol. The van der Waals surface area contributed by atoms with E-state index in [1.807, 2.05) is 0 Å². The maximum Gasteiger partial charge on any atom is 0.259 e. The minimum atomic E-state index is -1.36. The van der Waals surface area contributed by atoms with Crippen LogP contribution in [0.5, 0.6) is 0 Å². The van der Waals surface area contributed by atoms with Crippen molar-refractivity contribution in [2.24, 2.45) is 5.92 Å². The van der Waals surface area contributed by atoms with E-state index in [1.54, 1.807) is 6.92 Å². The van der Waals surface area contributed by atoms with Crippen molar-refractivity contribution in [2.45, 2.75) is 20.3 Å². The second kappa shape index (κ2) is 4.87. The van der Waals surface area contributed by atoms with Crippen LogP contribution in [0.4, 0.5) is 8.78 Å². The van der Waals surface area contributed by atoms with Gasteiger partial charge in [-0.05, 0) is 18.6 Å². The molecule has 1 aromatic rings. The Morgan fingerprint density at radius 1 is 1.53 bits per heavy atom. The molecule has 0 aliphatic rings. The van der Waals surface area contributed by atoms with Gasteiger partial charge in [0.1, 0.15) is 5.83 Å². The van der Waals surface area contributed by atoms with Crippen LogP contribution in [-0.4, -0.2) is 5.78 Å². The summed E-state index contributed by atoms with van der Waals surface area (Å²) in [4.78, 5) is 11.3. The number of hydrogen-bond donors (Lipinski definition) is 0. The summed E-state index contributed by atoms with van der Waals surface area (Å²) < 4.78 is 31.3. The third-order valence-electron chi connectivity index (χ3n) is 2.20. The van der Waals surface area contributed by atoms with Crippen molar-refractivity contribution in [3.05, 3.63) is 35.8 Å². The highest BCUT2D eigenvalue weighted by Gasteiger charge is 2.22. The molecular weight excluding hydrogens is 202 g/mol. The third-order valence-corrected chi connectivity index (χ3v) is 2.20. The van der Waals surface area contributed by atoms with Crippen LogP contribution in [0, 0.1) is 5.92 Å². The summed E-state index contributed by atoms with van der Waals surface area (Å²) in [5.41, 5.74) is 0. The number of carbonyl (C=O) groups is 1. The van der Waals surface area contributed by atoms with Crippen molar-refractivity contribution in [3.63, 3.8) is 0 Å². The molecule has 0 spiro atoms. The molecule has 1 heterocycles. The summed E-state index contributed by atoms with van der Waals surface area (Å²) in [6, 6.07) is 2.74. The molecule has 15 heavy (non-hydrogen) atoms. The number of ketones is 1. The number of hydrogen-bond acceptors (Lipinski definition) is 2. The first-order chi connectivity index (χ1) is 7.07. The van der Waals surface area contributed by atoms with Crippen LogP contribution in [0.3, 0.4) is 0 Å². The first-order valence-corrected chi connectivity index (χ1v) is 4.71. The number of halogens is 2. The Bertz CT molecular complexity index is 366. The van der Waals surface area contributed by atoms with Crippen LogP contribution in [0.15, 0.2) is 34.5 Å². The summed E-state index contributed by atoms with van der Waals surface area (Å²) in [6.07, 6.45) is 1.67. The van der Waals surface area contributed by atoms with E-state index < -0.39 is 23.4 Å². The smallest absolute Gasteiger partial charge is 0.259 e. The van der Waals surface area contributed by atoms with E-state index in [4.69, 9.17) is 0 Å². The topological polar surface area (TPSA) is 30.2 Å². The second-order valence-electron chi connectivity index (χ2n) is 3.28. The lowest BCUT2D eigenvalue weighted by molar-refractivity contribution is 0.0971. The minimum absolute atomic E-state index is 0.189. The maximum atomic E-state index is 13.3. The van der Waals surface area contributed by atoms with E-state index in [-0.39, 0.29) is 5.76 Å². The van der Waals surface area contributed by atoms with Gasteiger partial charge >= 0.3 is 0 Å². The van der Waals surface area contributed by atoms with Gasteiger partial charge in [0.25, 0.3) is 5.78 Å². The van der Waals surface area contributed by atoms with Crippen molar-refractivity contribution in [1.29, 1.82) is 0 Å². The molecule has 0 saturated carbocycles.